The summed E-state index contributed by atoms with van der Waals surface area (Å²) in [6, 6.07) is 0. The Morgan fingerprint density at radius 2 is 2.21 bits per heavy atom. The first-order chi connectivity index (χ1) is 6.84. The number of hydrogen-bond donors (Lipinski definition) is 2. The van der Waals surface area contributed by atoms with Crippen LogP contribution in [0.15, 0.2) is 18.7 Å². The van der Waals surface area contributed by atoms with Crippen LogP contribution in [0.25, 0.3) is 0 Å². The van der Waals surface area contributed by atoms with Crippen molar-refractivity contribution in [1.82, 2.24) is 15.3 Å². The van der Waals surface area contributed by atoms with Gasteiger partial charge in [-0.1, -0.05) is 0 Å². The molecule has 1 heterocycles. The van der Waals surface area contributed by atoms with E-state index in [-0.39, 0.29) is 0 Å². The molecule has 0 fully saturated rings. The smallest absolute Gasteiger partial charge is 0.115 e. The first kappa shape index (κ1) is 11.0. The third kappa shape index (κ3) is 3.78. The van der Waals surface area contributed by atoms with Gasteiger partial charge in [-0.05, 0) is 0 Å². The van der Waals surface area contributed by atoms with Gasteiger partial charge in [-0.25, -0.2) is 9.97 Å². The van der Waals surface area contributed by atoms with Gasteiger partial charge in [0.2, 0.25) is 0 Å². The van der Waals surface area contributed by atoms with Crippen LogP contribution in [0.1, 0.15) is 11.7 Å². The molecule has 0 aromatic carbocycles. The number of ether oxygens (including phenoxy) is 1. The van der Waals surface area contributed by atoms with Crippen LogP contribution < -0.4 is 5.32 Å². The second kappa shape index (κ2) is 6.42. The zero-order valence-corrected chi connectivity index (χ0v) is 8.18. The van der Waals surface area contributed by atoms with Gasteiger partial charge in [0.05, 0.1) is 12.7 Å². The van der Waals surface area contributed by atoms with E-state index in [0.29, 0.717) is 13.2 Å². The SMILES string of the molecule is COCCNCC(O)c1cncnc1. The van der Waals surface area contributed by atoms with Gasteiger partial charge >= 0.3 is 0 Å². The summed E-state index contributed by atoms with van der Waals surface area (Å²) < 4.78 is 4.86. The number of hydrogen-bond acceptors (Lipinski definition) is 5. The van der Waals surface area contributed by atoms with E-state index in [1.54, 1.807) is 19.5 Å². The first-order valence-electron chi connectivity index (χ1n) is 4.47. The predicted octanol–water partition coefficient (Wildman–Crippen LogP) is -0.254. The van der Waals surface area contributed by atoms with Crippen LogP contribution in [-0.4, -0.2) is 41.9 Å². The molecular formula is C9H15N3O2. The highest BCUT2D eigenvalue weighted by Gasteiger charge is 2.06. The quantitative estimate of drug-likeness (QED) is 0.615. The van der Waals surface area contributed by atoms with Crippen molar-refractivity contribution in [2.75, 3.05) is 26.8 Å². The molecule has 0 spiro atoms. The molecular weight excluding hydrogens is 182 g/mol. The number of aliphatic hydroxyl groups excluding tert-OH is 1. The zero-order valence-electron chi connectivity index (χ0n) is 8.18. The molecule has 0 saturated heterocycles. The van der Waals surface area contributed by atoms with E-state index in [2.05, 4.69) is 15.3 Å². The van der Waals surface area contributed by atoms with Gasteiger partial charge in [0.25, 0.3) is 0 Å². The number of methoxy groups -OCH3 is 1. The maximum atomic E-state index is 9.64. The molecule has 0 radical (unpaired) electrons. The minimum Gasteiger partial charge on any atom is -0.387 e. The topological polar surface area (TPSA) is 67.3 Å². The summed E-state index contributed by atoms with van der Waals surface area (Å²) in [5.74, 6) is 0. The fourth-order valence-electron chi connectivity index (χ4n) is 1.01. The van der Waals surface area contributed by atoms with Crippen molar-refractivity contribution in [2.24, 2.45) is 0 Å². The molecule has 0 amide bonds. The van der Waals surface area contributed by atoms with E-state index in [1.807, 2.05) is 0 Å². The van der Waals surface area contributed by atoms with Gasteiger partial charge in [0, 0.05) is 38.2 Å². The van der Waals surface area contributed by atoms with Gasteiger partial charge < -0.3 is 15.2 Å². The van der Waals surface area contributed by atoms with Crippen LogP contribution in [0.4, 0.5) is 0 Å². The van der Waals surface area contributed by atoms with Crippen molar-refractivity contribution in [3.8, 4) is 0 Å². The molecule has 1 aromatic rings. The summed E-state index contributed by atoms with van der Waals surface area (Å²) in [4.78, 5) is 7.65. The molecule has 5 nitrogen and oxygen atoms in total. The number of nitrogens with zero attached hydrogens (tertiary/aromatic N) is 2. The van der Waals surface area contributed by atoms with Crippen molar-refractivity contribution in [3.63, 3.8) is 0 Å². The van der Waals surface area contributed by atoms with Crippen LogP contribution in [0, 0.1) is 0 Å². The van der Waals surface area contributed by atoms with E-state index in [9.17, 15) is 5.11 Å². The van der Waals surface area contributed by atoms with Crippen molar-refractivity contribution in [3.05, 3.63) is 24.3 Å². The summed E-state index contributed by atoms with van der Waals surface area (Å²) in [6.07, 6.45) is 4.09. The second-order valence-corrected chi connectivity index (χ2v) is 2.88. The van der Waals surface area contributed by atoms with Crippen molar-refractivity contribution in [1.29, 1.82) is 0 Å². The Morgan fingerprint density at radius 1 is 1.50 bits per heavy atom. The summed E-state index contributed by atoms with van der Waals surface area (Å²) in [7, 11) is 1.64. The van der Waals surface area contributed by atoms with Crippen LogP contribution >= 0.6 is 0 Å². The number of rotatable bonds is 6. The third-order valence-corrected chi connectivity index (χ3v) is 1.79. The molecule has 78 valence electrons. The van der Waals surface area contributed by atoms with Crippen LogP contribution in [0.3, 0.4) is 0 Å². The second-order valence-electron chi connectivity index (χ2n) is 2.88. The van der Waals surface area contributed by atoms with Crippen molar-refractivity contribution < 1.29 is 9.84 Å². The van der Waals surface area contributed by atoms with Crippen LogP contribution in [0.5, 0.6) is 0 Å². The molecule has 1 rings (SSSR count). The maximum absolute atomic E-state index is 9.64. The van der Waals surface area contributed by atoms with Gasteiger partial charge in [0.15, 0.2) is 0 Å². The Balaban J connectivity index is 2.25. The van der Waals surface area contributed by atoms with Gasteiger partial charge in [-0.15, -0.1) is 0 Å². The Bertz CT molecular complexity index is 243. The number of nitrogens with one attached hydrogen (secondary N) is 1. The van der Waals surface area contributed by atoms with Gasteiger partial charge in [-0.2, -0.15) is 0 Å². The van der Waals surface area contributed by atoms with E-state index in [4.69, 9.17) is 4.74 Å². The van der Waals surface area contributed by atoms with Crippen LogP contribution in [0.2, 0.25) is 0 Å². The Kier molecular flexibility index (Phi) is 5.06. The van der Waals surface area contributed by atoms with Gasteiger partial charge in [0.1, 0.15) is 6.33 Å². The lowest BCUT2D eigenvalue weighted by atomic mass is 10.2. The molecule has 1 aromatic heterocycles. The standard InChI is InChI=1S/C9H15N3O2/c1-14-3-2-10-6-9(13)8-4-11-7-12-5-8/h4-5,7,9-10,13H,2-3,6H2,1H3. The Labute approximate surface area is 83.2 Å². The summed E-state index contributed by atoms with van der Waals surface area (Å²) in [5, 5.41) is 12.7. The maximum Gasteiger partial charge on any atom is 0.115 e. The van der Waals surface area contributed by atoms with Crippen molar-refractivity contribution >= 4 is 0 Å². The Hall–Kier alpha value is -1.04. The molecule has 2 N–H and O–H groups in total. The number of aliphatic hydroxyl groups is 1. The average Bonchev–Trinajstić information content (AvgIpc) is 2.25. The number of aromatic nitrogens is 2. The molecule has 0 aliphatic carbocycles. The Morgan fingerprint density at radius 3 is 2.86 bits per heavy atom. The summed E-state index contributed by atoms with van der Waals surface area (Å²) >= 11 is 0. The lowest BCUT2D eigenvalue weighted by Crippen LogP contribution is -2.25. The molecule has 0 aliphatic heterocycles. The lowest BCUT2D eigenvalue weighted by molar-refractivity contribution is 0.161. The van der Waals surface area contributed by atoms with E-state index < -0.39 is 6.10 Å². The highest BCUT2D eigenvalue weighted by molar-refractivity contribution is 5.06. The summed E-state index contributed by atoms with van der Waals surface area (Å²) in [5.41, 5.74) is 0.720. The lowest BCUT2D eigenvalue weighted by Gasteiger charge is -2.10. The summed E-state index contributed by atoms with van der Waals surface area (Å²) in [6.45, 7) is 1.84. The molecule has 0 bridgehead atoms. The minimum absolute atomic E-state index is 0.483. The van der Waals surface area contributed by atoms with E-state index >= 15 is 0 Å². The molecule has 5 heteroatoms. The van der Waals surface area contributed by atoms with Crippen molar-refractivity contribution in [2.45, 2.75) is 6.10 Å². The molecule has 14 heavy (non-hydrogen) atoms. The normalized spacial score (nSPS) is 12.7. The van der Waals surface area contributed by atoms with E-state index in [0.717, 1.165) is 12.1 Å². The highest BCUT2D eigenvalue weighted by atomic mass is 16.5. The zero-order chi connectivity index (χ0) is 10.2. The predicted molar refractivity (Wildman–Crippen MR) is 51.7 cm³/mol. The molecule has 0 saturated carbocycles. The highest BCUT2D eigenvalue weighted by Crippen LogP contribution is 2.07. The van der Waals surface area contributed by atoms with Gasteiger partial charge in [-0.3, -0.25) is 0 Å². The first-order valence-corrected chi connectivity index (χ1v) is 4.47. The largest absolute Gasteiger partial charge is 0.387 e. The third-order valence-electron chi connectivity index (χ3n) is 1.79. The average molecular weight is 197 g/mol. The molecule has 0 aliphatic rings. The minimum atomic E-state index is -0.562. The molecule has 1 unspecified atom stereocenters. The van der Waals surface area contributed by atoms with Crippen LogP contribution in [-0.2, 0) is 4.74 Å². The fourth-order valence-corrected chi connectivity index (χ4v) is 1.01. The van der Waals surface area contributed by atoms with E-state index in [1.165, 1.54) is 6.33 Å². The molecule has 1 atom stereocenters. The fraction of sp³-hybridized carbons (Fsp3) is 0.556. The monoisotopic (exact) mass is 197 g/mol.